The number of carbonyl (C=O) groups is 1. The largest absolute Gasteiger partial charge is 0.478 e. The Morgan fingerprint density at radius 3 is 2.58 bits per heavy atom. The van der Waals surface area contributed by atoms with Gasteiger partial charge in [-0.25, -0.2) is 22.6 Å². The van der Waals surface area contributed by atoms with Crippen molar-refractivity contribution in [2.24, 2.45) is 0 Å². The number of hydrogen-bond acceptors (Lipinski definition) is 9. The summed E-state index contributed by atoms with van der Waals surface area (Å²) in [5, 5.41) is 17.9. The van der Waals surface area contributed by atoms with Crippen molar-refractivity contribution < 1.29 is 27.4 Å². The molecule has 1 N–H and O–H groups in total. The number of hydrogen-bond donors (Lipinski definition) is 1. The summed E-state index contributed by atoms with van der Waals surface area (Å²) in [5.74, 6) is 0.431. The van der Waals surface area contributed by atoms with E-state index in [1.54, 1.807) is 24.3 Å². The van der Waals surface area contributed by atoms with E-state index in [1.165, 1.54) is 18.2 Å². The van der Waals surface area contributed by atoms with Crippen molar-refractivity contribution in [2.45, 2.75) is 31.4 Å². The Kier molecular flexibility index (Phi) is 7.72. The molecule has 0 bridgehead atoms. The van der Waals surface area contributed by atoms with Gasteiger partial charge in [0.1, 0.15) is 24.1 Å². The van der Waals surface area contributed by atoms with Crippen LogP contribution in [0.4, 0.5) is 10.2 Å². The molecule has 0 saturated carbocycles. The molecule has 43 heavy (non-hydrogen) atoms. The SMILES string of the molecule is N#Cc1ccc(COc2cccc(N3CCN(Cc4nc5ccc(C(=O)O)cc5n4C[C@H]4CCS4(=O)=O)CC3)n2)c(F)c1. The van der Waals surface area contributed by atoms with Gasteiger partial charge in [-0.05, 0) is 42.8 Å². The molecule has 0 amide bonds. The molecule has 0 radical (unpaired) electrons. The third kappa shape index (κ3) is 6.02. The molecule has 2 saturated heterocycles. The van der Waals surface area contributed by atoms with Gasteiger partial charge in [0.15, 0.2) is 9.84 Å². The molecule has 0 unspecified atom stereocenters. The van der Waals surface area contributed by atoms with E-state index in [-0.39, 0.29) is 30.0 Å². The van der Waals surface area contributed by atoms with E-state index in [0.29, 0.717) is 67.4 Å². The fourth-order valence-electron chi connectivity index (χ4n) is 5.40. The minimum atomic E-state index is -3.14. The predicted octanol–water partition coefficient (Wildman–Crippen LogP) is 3.23. The molecule has 1 atom stereocenters. The van der Waals surface area contributed by atoms with Crippen molar-refractivity contribution in [3.05, 3.63) is 82.9 Å². The number of halogens is 1. The first-order chi connectivity index (χ1) is 20.7. The zero-order valence-corrected chi connectivity index (χ0v) is 24.0. The molecule has 2 aliphatic heterocycles. The summed E-state index contributed by atoms with van der Waals surface area (Å²) in [7, 11) is -3.14. The summed E-state index contributed by atoms with van der Waals surface area (Å²) in [5.41, 5.74) is 1.97. The summed E-state index contributed by atoms with van der Waals surface area (Å²) in [6.45, 7) is 3.49. The van der Waals surface area contributed by atoms with E-state index in [2.05, 4.69) is 14.8 Å². The van der Waals surface area contributed by atoms with E-state index in [4.69, 9.17) is 15.0 Å². The molecule has 6 rings (SSSR count). The summed E-state index contributed by atoms with van der Waals surface area (Å²) < 4.78 is 46.5. The predicted molar refractivity (Wildman–Crippen MR) is 156 cm³/mol. The number of piperazine rings is 1. The number of carboxylic acids is 1. The van der Waals surface area contributed by atoms with E-state index >= 15 is 0 Å². The van der Waals surface area contributed by atoms with Crippen LogP contribution in [0.1, 0.15) is 33.7 Å². The highest BCUT2D eigenvalue weighted by Crippen LogP contribution is 2.27. The molecule has 2 aromatic carbocycles. The lowest BCUT2D eigenvalue weighted by Crippen LogP contribution is -2.46. The van der Waals surface area contributed by atoms with Crippen LogP contribution in [0, 0.1) is 17.1 Å². The Labute approximate surface area is 247 Å². The minimum absolute atomic E-state index is 0.0150. The van der Waals surface area contributed by atoms with Crippen LogP contribution in [0.2, 0.25) is 0 Å². The first-order valence-electron chi connectivity index (χ1n) is 13.9. The zero-order valence-electron chi connectivity index (χ0n) is 23.2. The Morgan fingerprint density at radius 2 is 1.91 bits per heavy atom. The van der Waals surface area contributed by atoms with Gasteiger partial charge in [-0.15, -0.1) is 0 Å². The molecule has 222 valence electrons. The van der Waals surface area contributed by atoms with Gasteiger partial charge in [0.2, 0.25) is 5.88 Å². The highest BCUT2D eigenvalue weighted by atomic mass is 32.2. The smallest absolute Gasteiger partial charge is 0.335 e. The minimum Gasteiger partial charge on any atom is -0.478 e. The van der Waals surface area contributed by atoms with Gasteiger partial charge in [0.05, 0.1) is 45.8 Å². The van der Waals surface area contributed by atoms with Crippen LogP contribution in [-0.2, 0) is 29.5 Å². The van der Waals surface area contributed by atoms with Gasteiger partial charge in [-0.1, -0.05) is 12.1 Å². The van der Waals surface area contributed by atoms with E-state index in [0.717, 1.165) is 5.82 Å². The molecule has 4 aromatic rings. The second-order valence-electron chi connectivity index (χ2n) is 10.7. The number of rotatable bonds is 9. The van der Waals surface area contributed by atoms with Gasteiger partial charge in [0, 0.05) is 44.4 Å². The monoisotopic (exact) mass is 604 g/mol. The summed E-state index contributed by atoms with van der Waals surface area (Å²) in [4.78, 5) is 25.3. The molecule has 2 aliphatic rings. The average molecular weight is 605 g/mol. The van der Waals surface area contributed by atoms with Crippen molar-refractivity contribution in [2.75, 3.05) is 36.8 Å². The van der Waals surface area contributed by atoms with Gasteiger partial charge < -0.3 is 19.3 Å². The van der Waals surface area contributed by atoms with Crippen LogP contribution in [-0.4, -0.2) is 76.1 Å². The molecule has 13 heteroatoms. The van der Waals surface area contributed by atoms with Crippen molar-refractivity contribution in [3.8, 4) is 11.9 Å². The second kappa shape index (κ2) is 11.6. The Morgan fingerprint density at radius 1 is 1.09 bits per heavy atom. The zero-order chi connectivity index (χ0) is 30.1. The number of nitrogens with zero attached hydrogens (tertiary/aromatic N) is 6. The Hall–Kier alpha value is -4.54. The summed E-state index contributed by atoms with van der Waals surface area (Å²) >= 11 is 0. The molecule has 0 spiro atoms. The van der Waals surface area contributed by atoms with Crippen molar-refractivity contribution in [1.29, 1.82) is 5.26 Å². The van der Waals surface area contributed by atoms with Crippen LogP contribution in [0.5, 0.6) is 5.88 Å². The quantitative estimate of drug-likeness (QED) is 0.303. The number of anilines is 1. The Bertz CT molecular complexity index is 1850. The number of carboxylic acid groups (broad SMARTS) is 1. The normalized spacial score (nSPS) is 18.2. The number of aromatic nitrogens is 3. The maximum Gasteiger partial charge on any atom is 0.335 e. The summed E-state index contributed by atoms with van der Waals surface area (Å²) in [6, 6.07) is 16.3. The number of imidazole rings is 1. The average Bonchev–Trinajstić information content (AvgIpc) is 3.34. The fourth-order valence-corrected chi connectivity index (χ4v) is 6.73. The van der Waals surface area contributed by atoms with Crippen LogP contribution < -0.4 is 9.64 Å². The van der Waals surface area contributed by atoms with Crippen LogP contribution in [0.25, 0.3) is 11.0 Å². The van der Waals surface area contributed by atoms with Crippen molar-refractivity contribution in [3.63, 3.8) is 0 Å². The lowest BCUT2D eigenvalue weighted by atomic mass is 10.1. The lowest BCUT2D eigenvalue weighted by Gasteiger charge is -2.35. The number of ether oxygens (including phenoxy) is 1. The van der Waals surface area contributed by atoms with Crippen molar-refractivity contribution in [1.82, 2.24) is 19.4 Å². The third-order valence-electron chi connectivity index (χ3n) is 8.02. The Balaban J connectivity index is 1.12. The number of benzene rings is 2. The topological polar surface area (TPSA) is 142 Å². The van der Waals surface area contributed by atoms with Gasteiger partial charge in [-0.3, -0.25) is 4.90 Å². The van der Waals surface area contributed by atoms with Crippen LogP contribution in [0.3, 0.4) is 0 Å². The number of aromatic carboxylic acids is 1. The van der Waals surface area contributed by atoms with Crippen LogP contribution >= 0.6 is 0 Å². The number of pyridine rings is 1. The number of fused-ring (bicyclic) bond motifs is 1. The molecular weight excluding hydrogens is 575 g/mol. The maximum atomic E-state index is 14.2. The maximum absolute atomic E-state index is 14.2. The number of sulfone groups is 1. The van der Waals surface area contributed by atoms with Gasteiger partial charge in [0.25, 0.3) is 0 Å². The molecule has 2 aromatic heterocycles. The molecular formula is C30H29FN6O5S. The first kappa shape index (κ1) is 28.6. The molecule has 2 fully saturated rings. The summed E-state index contributed by atoms with van der Waals surface area (Å²) in [6.07, 6.45) is 0.580. The van der Waals surface area contributed by atoms with E-state index in [1.807, 2.05) is 22.8 Å². The highest BCUT2D eigenvalue weighted by molar-refractivity contribution is 7.93. The molecule has 4 heterocycles. The van der Waals surface area contributed by atoms with Gasteiger partial charge in [-0.2, -0.15) is 10.2 Å². The lowest BCUT2D eigenvalue weighted by molar-refractivity contribution is 0.0697. The van der Waals surface area contributed by atoms with E-state index in [9.17, 15) is 22.7 Å². The third-order valence-corrected chi connectivity index (χ3v) is 10.2. The standard InChI is InChI=1S/C30H29FN6O5S/c31-24-14-20(16-32)4-5-22(24)19-42-29-3-1-2-27(34-29)36-11-9-35(10-12-36)18-28-33-25-7-6-21(30(38)39)15-26(25)37(28)17-23-8-13-43(23,40)41/h1-7,14-15,23H,8-13,17-19H2,(H,38,39)/t23-/m1/s1. The fraction of sp³-hybridized carbons (Fsp3) is 0.333. The second-order valence-corrected chi connectivity index (χ2v) is 13.1. The van der Waals surface area contributed by atoms with Gasteiger partial charge >= 0.3 is 5.97 Å². The number of nitriles is 1. The molecule has 0 aliphatic carbocycles. The van der Waals surface area contributed by atoms with Crippen molar-refractivity contribution >= 4 is 32.7 Å². The highest BCUT2D eigenvalue weighted by Gasteiger charge is 2.36. The van der Waals surface area contributed by atoms with E-state index < -0.39 is 26.9 Å². The van der Waals surface area contributed by atoms with Crippen LogP contribution in [0.15, 0.2) is 54.6 Å². The molecule has 11 nitrogen and oxygen atoms in total. The first-order valence-corrected chi connectivity index (χ1v) is 15.6.